The molecule has 0 fully saturated rings. The molecule has 0 amide bonds. The van der Waals surface area contributed by atoms with Gasteiger partial charge in [-0.15, -0.1) is 0 Å². The van der Waals surface area contributed by atoms with Crippen LogP contribution in [0.4, 0.5) is 19.0 Å². The second-order valence-corrected chi connectivity index (χ2v) is 5.87. The lowest BCUT2D eigenvalue weighted by Gasteiger charge is -2.12. The van der Waals surface area contributed by atoms with Gasteiger partial charge in [-0.05, 0) is 30.7 Å². The first-order valence-corrected chi connectivity index (χ1v) is 7.75. The molecular weight excluding hydrogens is 339 g/mol. The van der Waals surface area contributed by atoms with Gasteiger partial charge in [0.1, 0.15) is 17.5 Å². The minimum absolute atomic E-state index is 0.0421. The Labute approximate surface area is 148 Å². The zero-order chi connectivity index (χ0) is 18.9. The topological polar surface area (TPSA) is 62.7 Å². The molecule has 130 valence electrons. The molecule has 1 heterocycles. The van der Waals surface area contributed by atoms with Crippen LogP contribution < -0.4 is 5.73 Å². The Morgan fingerprint density at radius 1 is 0.962 bits per heavy atom. The van der Waals surface area contributed by atoms with Crippen molar-refractivity contribution in [2.45, 2.75) is 13.1 Å². The van der Waals surface area contributed by atoms with Crippen LogP contribution in [0.15, 0.2) is 54.6 Å². The summed E-state index contributed by atoms with van der Waals surface area (Å²) in [5, 5.41) is 9.39. The number of halogens is 3. The molecule has 6 heteroatoms. The van der Waals surface area contributed by atoms with Crippen LogP contribution in [-0.2, 0) is 6.18 Å². The van der Waals surface area contributed by atoms with Crippen molar-refractivity contribution < 1.29 is 13.2 Å². The van der Waals surface area contributed by atoms with E-state index in [0.29, 0.717) is 16.8 Å². The zero-order valence-corrected chi connectivity index (χ0v) is 13.8. The third-order valence-electron chi connectivity index (χ3n) is 4.03. The molecule has 0 saturated carbocycles. The average Bonchev–Trinajstić information content (AvgIpc) is 2.61. The summed E-state index contributed by atoms with van der Waals surface area (Å²) in [4.78, 5) is 4.26. The lowest BCUT2D eigenvalue weighted by molar-refractivity contribution is -0.137. The van der Waals surface area contributed by atoms with Gasteiger partial charge in [-0.25, -0.2) is 4.98 Å². The van der Waals surface area contributed by atoms with Gasteiger partial charge in [0.15, 0.2) is 0 Å². The molecule has 0 aliphatic rings. The van der Waals surface area contributed by atoms with Crippen LogP contribution in [0.25, 0.3) is 22.4 Å². The Morgan fingerprint density at radius 2 is 1.54 bits per heavy atom. The standard InChI is InChI=1S/C20H14F3N3/c1-12-2-4-14(5-3-12)18-10-16(17(11-24)19(25)26-18)13-6-8-15(9-7-13)20(21,22)23/h2-10H,1H3,(H2,25,26). The number of alkyl halides is 3. The van der Waals surface area contributed by atoms with Crippen LogP contribution in [0.5, 0.6) is 0 Å². The fourth-order valence-corrected chi connectivity index (χ4v) is 2.62. The van der Waals surface area contributed by atoms with E-state index in [-0.39, 0.29) is 11.4 Å². The number of anilines is 1. The molecule has 0 aliphatic heterocycles. The summed E-state index contributed by atoms with van der Waals surface area (Å²) in [6.45, 7) is 1.96. The van der Waals surface area contributed by atoms with Crippen LogP contribution in [0.3, 0.4) is 0 Å². The molecule has 0 bridgehead atoms. The van der Waals surface area contributed by atoms with Crippen molar-refractivity contribution in [1.82, 2.24) is 4.98 Å². The Kier molecular flexibility index (Phi) is 4.39. The highest BCUT2D eigenvalue weighted by Crippen LogP contribution is 2.34. The van der Waals surface area contributed by atoms with Crippen LogP contribution in [0, 0.1) is 18.3 Å². The number of nitriles is 1. The zero-order valence-electron chi connectivity index (χ0n) is 13.8. The Morgan fingerprint density at radius 3 is 2.08 bits per heavy atom. The van der Waals surface area contributed by atoms with E-state index in [1.165, 1.54) is 12.1 Å². The van der Waals surface area contributed by atoms with Gasteiger partial charge in [0.2, 0.25) is 0 Å². The van der Waals surface area contributed by atoms with Gasteiger partial charge in [0, 0.05) is 11.1 Å². The summed E-state index contributed by atoms with van der Waals surface area (Å²) in [6.07, 6.45) is -4.42. The number of rotatable bonds is 2. The van der Waals surface area contributed by atoms with Gasteiger partial charge in [-0.2, -0.15) is 18.4 Å². The third kappa shape index (κ3) is 3.38. The maximum Gasteiger partial charge on any atom is 0.416 e. The molecule has 0 unspecified atom stereocenters. The number of pyridine rings is 1. The number of nitrogens with two attached hydrogens (primary N) is 1. The molecule has 2 N–H and O–H groups in total. The summed E-state index contributed by atoms with van der Waals surface area (Å²) < 4.78 is 38.3. The second-order valence-electron chi connectivity index (χ2n) is 5.87. The van der Waals surface area contributed by atoms with Crippen molar-refractivity contribution in [3.8, 4) is 28.5 Å². The van der Waals surface area contributed by atoms with Crippen molar-refractivity contribution in [1.29, 1.82) is 5.26 Å². The van der Waals surface area contributed by atoms with Gasteiger partial charge in [0.05, 0.1) is 11.3 Å². The van der Waals surface area contributed by atoms with E-state index in [1.807, 2.05) is 37.3 Å². The van der Waals surface area contributed by atoms with E-state index >= 15 is 0 Å². The lowest BCUT2D eigenvalue weighted by Crippen LogP contribution is -2.04. The van der Waals surface area contributed by atoms with Gasteiger partial charge in [0.25, 0.3) is 0 Å². The molecule has 0 radical (unpaired) electrons. The second kappa shape index (κ2) is 6.52. The quantitative estimate of drug-likeness (QED) is 0.689. The highest BCUT2D eigenvalue weighted by atomic mass is 19.4. The van der Waals surface area contributed by atoms with E-state index in [4.69, 9.17) is 5.73 Å². The largest absolute Gasteiger partial charge is 0.416 e. The van der Waals surface area contributed by atoms with Crippen LogP contribution in [-0.4, -0.2) is 4.98 Å². The van der Waals surface area contributed by atoms with E-state index in [2.05, 4.69) is 4.98 Å². The van der Waals surface area contributed by atoms with E-state index in [9.17, 15) is 18.4 Å². The monoisotopic (exact) mass is 353 g/mol. The Balaban J connectivity index is 2.14. The lowest BCUT2D eigenvalue weighted by atomic mass is 9.97. The molecule has 0 atom stereocenters. The van der Waals surface area contributed by atoms with E-state index in [1.54, 1.807) is 6.07 Å². The highest BCUT2D eigenvalue weighted by molar-refractivity contribution is 5.80. The molecular formula is C20H14F3N3. The fraction of sp³-hybridized carbons (Fsp3) is 0.100. The van der Waals surface area contributed by atoms with E-state index in [0.717, 1.165) is 23.3 Å². The summed E-state index contributed by atoms with van der Waals surface area (Å²) in [5.41, 5.74) is 8.67. The molecule has 3 aromatic rings. The molecule has 3 nitrogen and oxygen atoms in total. The average molecular weight is 353 g/mol. The molecule has 3 rings (SSSR count). The number of aromatic nitrogens is 1. The molecule has 0 saturated heterocycles. The maximum atomic E-state index is 12.8. The van der Waals surface area contributed by atoms with Crippen LogP contribution in [0.2, 0.25) is 0 Å². The summed E-state index contributed by atoms with van der Waals surface area (Å²) >= 11 is 0. The Bertz CT molecular complexity index is 983. The van der Waals surface area contributed by atoms with Gasteiger partial charge in [-0.3, -0.25) is 0 Å². The fourth-order valence-electron chi connectivity index (χ4n) is 2.62. The molecule has 2 aromatic carbocycles. The van der Waals surface area contributed by atoms with Gasteiger partial charge >= 0.3 is 6.18 Å². The minimum atomic E-state index is -4.42. The van der Waals surface area contributed by atoms with Crippen molar-refractivity contribution in [2.24, 2.45) is 0 Å². The number of aryl methyl sites for hydroxylation is 1. The van der Waals surface area contributed by atoms with Crippen molar-refractivity contribution in [3.63, 3.8) is 0 Å². The van der Waals surface area contributed by atoms with Crippen molar-refractivity contribution in [2.75, 3.05) is 5.73 Å². The maximum absolute atomic E-state index is 12.8. The molecule has 0 spiro atoms. The molecule has 26 heavy (non-hydrogen) atoms. The van der Waals surface area contributed by atoms with Crippen molar-refractivity contribution >= 4 is 5.82 Å². The molecule has 1 aromatic heterocycles. The predicted molar refractivity (Wildman–Crippen MR) is 94.0 cm³/mol. The number of nitrogens with zero attached hydrogens (tertiary/aromatic N) is 2. The minimum Gasteiger partial charge on any atom is -0.383 e. The van der Waals surface area contributed by atoms with Crippen molar-refractivity contribution in [3.05, 3.63) is 71.3 Å². The SMILES string of the molecule is Cc1ccc(-c2cc(-c3ccc(C(F)(F)F)cc3)c(C#N)c(N)n2)cc1. The first kappa shape index (κ1) is 17.5. The van der Waals surface area contributed by atoms with Crippen LogP contribution in [0.1, 0.15) is 16.7 Å². The normalized spacial score (nSPS) is 11.2. The third-order valence-corrected chi connectivity index (χ3v) is 4.03. The first-order valence-electron chi connectivity index (χ1n) is 7.75. The summed E-state index contributed by atoms with van der Waals surface area (Å²) in [6, 6.07) is 15.9. The summed E-state index contributed by atoms with van der Waals surface area (Å²) in [5.74, 6) is 0.0421. The van der Waals surface area contributed by atoms with Gasteiger partial charge in [-0.1, -0.05) is 42.0 Å². The van der Waals surface area contributed by atoms with Gasteiger partial charge < -0.3 is 5.73 Å². The predicted octanol–water partition coefficient (Wildman–Crippen LogP) is 5.20. The highest BCUT2D eigenvalue weighted by Gasteiger charge is 2.30. The summed E-state index contributed by atoms with van der Waals surface area (Å²) in [7, 11) is 0. The smallest absolute Gasteiger partial charge is 0.383 e. The molecule has 0 aliphatic carbocycles. The van der Waals surface area contributed by atoms with E-state index < -0.39 is 11.7 Å². The number of benzene rings is 2. The number of hydrogen-bond acceptors (Lipinski definition) is 3. The Hall–Kier alpha value is -3.33. The number of hydrogen-bond donors (Lipinski definition) is 1. The number of nitrogen functional groups attached to an aromatic ring is 1. The van der Waals surface area contributed by atoms with Crippen LogP contribution >= 0.6 is 0 Å². The first-order chi connectivity index (χ1) is 12.3.